The molecule has 1 aliphatic heterocycles. The Bertz CT molecular complexity index is 1110. The number of carbonyl (C=O) groups excluding carboxylic acids is 1. The van der Waals surface area contributed by atoms with Gasteiger partial charge in [0.25, 0.3) is 0 Å². The molecule has 2 aromatic carbocycles. The number of aliphatic hydroxyl groups excluding tert-OH is 1. The third-order valence-electron chi connectivity index (χ3n) is 4.89. The minimum absolute atomic E-state index is 0. The van der Waals surface area contributed by atoms with Crippen molar-refractivity contribution in [2.45, 2.75) is 47.1 Å². The Morgan fingerprint density at radius 3 is 2.43 bits per heavy atom. The number of aliphatic hydroxyl groups is 1. The van der Waals surface area contributed by atoms with Crippen molar-refractivity contribution in [3.05, 3.63) is 84.3 Å². The first-order chi connectivity index (χ1) is 15.8. The van der Waals surface area contributed by atoms with E-state index in [2.05, 4.69) is 23.2 Å². The topological polar surface area (TPSA) is 59.4 Å². The average molecular weight is 722 g/mol. The van der Waals surface area contributed by atoms with Gasteiger partial charge in [-0.05, 0) is 11.8 Å². The average Bonchev–Trinajstić information content (AvgIpc) is 2.78. The van der Waals surface area contributed by atoms with Crippen LogP contribution in [0.1, 0.15) is 46.1 Å². The van der Waals surface area contributed by atoms with Crippen LogP contribution in [0.25, 0.3) is 22.4 Å². The van der Waals surface area contributed by atoms with Crippen LogP contribution in [-0.2, 0) is 64.2 Å². The molecule has 4 rings (SSSR count). The van der Waals surface area contributed by atoms with Gasteiger partial charge in [0.1, 0.15) is 0 Å². The molecule has 0 atom stereocenters. The van der Waals surface area contributed by atoms with E-state index >= 15 is 0 Å². The van der Waals surface area contributed by atoms with Gasteiger partial charge in [0.15, 0.2) is 5.78 Å². The predicted octanol–water partition coefficient (Wildman–Crippen LogP) is 6.79. The Balaban J connectivity index is 0.000000364. The monoisotopic (exact) mass is 722 g/mol. The first-order valence-electron chi connectivity index (χ1n) is 11.3. The van der Waals surface area contributed by atoms with Crippen LogP contribution < -0.4 is 4.74 Å². The molecular formula is C29H30IrNO3Y-3. The Kier molecular flexibility index (Phi) is 13.9. The van der Waals surface area contributed by atoms with E-state index in [1.54, 1.807) is 0 Å². The normalized spacial score (nSPS) is 11.7. The zero-order valence-corrected chi connectivity index (χ0v) is 25.8. The summed E-state index contributed by atoms with van der Waals surface area (Å²) in [7, 11) is 0. The Morgan fingerprint density at radius 1 is 1.06 bits per heavy atom. The molecule has 0 amide bonds. The number of pyridine rings is 1. The molecule has 2 radical (unpaired) electrons. The smallest absolute Gasteiger partial charge is 0.159 e. The molecule has 1 aliphatic rings. The summed E-state index contributed by atoms with van der Waals surface area (Å²) >= 11 is 0. The SMILES string of the molecule is CC(C)CC(=O)/C=C(\O)CC(C)C.[Ir].[Y].[c-]1ccccc1-c1[c-]c2c(nc1)-c1[c-]cccc1CO2. The molecule has 0 fully saturated rings. The van der Waals surface area contributed by atoms with Crippen molar-refractivity contribution >= 4 is 5.78 Å². The Labute approximate surface area is 247 Å². The first kappa shape index (κ1) is 31.4. The van der Waals surface area contributed by atoms with Crippen molar-refractivity contribution in [3.63, 3.8) is 0 Å². The maximum atomic E-state index is 11.2. The van der Waals surface area contributed by atoms with Crippen LogP contribution in [0.5, 0.6) is 5.75 Å². The number of nitrogens with zero attached hydrogens (tertiary/aromatic N) is 1. The van der Waals surface area contributed by atoms with Crippen LogP contribution in [0.4, 0.5) is 0 Å². The summed E-state index contributed by atoms with van der Waals surface area (Å²) in [5.41, 5.74) is 4.79. The van der Waals surface area contributed by atoms with E-state index in [1.807, 2.05) is 76.4 Å². The number of ketones is 1. The van der Waals surface area contributed by atoms with Gasteiger partial charge in [0, 0.05) is 77.4 Å². The molecule has 0 bridgehead atoms. The largest absolute Gasteiger partial charge is 0.516 e. The molecule has 1 aromatic heterocycles. The van der Waals surface area contributed by atoms with E-state index in [1.165, 1.54) is 6.08 Å². The van der Waals surface area contributed by atoms with E-state index in [0.717, 1.165) is 27.9 Å². The standard InChI is InChI=1S/C18H10NO.C11H20O2.Ir.Y/c1-2-6-13(7-3-1)15-10-17-18(19-11-15)16-9-5-4-8-14(16)12-20-17;1-8(2)5-10(12)7-11(13)6-9(3)4;;/h1-6,8,11H,12H2;7-9,12H,5-6H2,1-4H3;;/q-3;;;/b;10-7-;;. The molecule has 0 saturated heterocycles. The van der Waals surface area contributed by atoms with Crippen LogP contribution in [0, 0.1) is 30.0 Å². The fourth-order valence-corrected chi connectivity index (χ4v) is 3.47. The van der Waals surface area contributed by atoms with Crippen molar-refractivity contribution in [2.24, 2.45) is 11.8 Å². The molecule has 2 heterocycles. The zero-order valence-electron chi connectivity index (χ0n) is 20.6. The number of rotatable bonds is 6. The van der Waals surface area contributed by atoms with E-state index in [0.29, 0.717) is 37.0 Å². The van der Waals surface area contributed by atoms with Gasteiger partial charge in [-0.3, -0.25) is 4.79 Å². The molecule has 4 nitrogen and oxygen atoms in total. The maximum Gasteiger partial charge on any atom is 0.159 e. The fraction of sp³-hybridized carbons (Fsp3) is 0.310. The van der Waals surface area contributed by atoms with Gasteiger partial charge in [0.05, 0.1) is 18.1 Å². The van der Waals surface area contributed by atoms with Crippen molar-refractivity contribution in [1.82, 2.24) is 4.98 Å². The first-order valence-corrected chi connectivity index (χ1v) is 11.3. The Morgan fingerprint density at radius 2 is 1.77 bits per heavy atom. The van der Waals surface area contributed by atoms with Crippen LogP contribution in [-0.4, -0.2) is 15.9 Å². The summed E-state index contributed by atoms with van der Waals surface area (Å²) in [6.07, 6.45) is 4.27. The third-order valence-corrected chi connectivity index (χ3v) is 4.89. The summed E-state index contributed by atoms with van der Waals surface area (Å²) in [5, 5.41) is 9.34. The summed E-state index contributed by atoms with van der Waals surface area (Å²) < 4.78 is 5.76. The second-order valence-corrected chi connectivity index (χ2v) is 8.91. The van der Waals surface area contributed by atoms with Gasteiger partial charge in [-0.25, -0.2) is 11.1 Å². The fourth-order valence-electron chi connectivity index (χ4n) is 3.47. The van der Waals surface area contributed by atoms with Gasteiger partial charge in [-0.1, -0.05) is 39.5 Å². The molecule has 0 aliphatic carbocycles. The molecule has 0 saturated carbocycles. The van der Waals surface area contributed by atoms with Crippen LogP contribution in [0.15, 0.2) is 60.5 Å². The van der Waals surface area contributed by atoms with E-state index in [-0.39, 0.29) is 64.4 Å². The van der Waals surface area contributed by atoms with Crippen molar-refractivity contribution in [2.75, 3.05) is 0 Å². The van der Waals surface area contributed by atoms with Crippen LogP contribution in [0.3, 0.4) is 0 Å². The van der Waals surface area contributed by atoms with Gasteiger partial charge in [-0.15, -0.1) is 42.0 Å². The summed E-state index contributed by atoms with van der Waals surface area (Å²) in [5.74, 6) is 1.67. The summed E-state index contributed by atoms with van der Waals surface area (Å²) in [6, 6.07) is 23.4. The molecule has 0 unspecified atom stereocenters. The number of benzene rings is 2. The second kappa shape index (κ2) is 15.5. The zero-order chi connectivity index (χ0) is 23.8. The molecule has 3 aromatic rings. The number of ether oxygens (including phenoxy) is 1. The number of hydrogen-bond donors (Lipinski definition) is 1. The Hall–Kier alpha value is -1.65. The number of aromatic nitrogens is 1. The number of hydrogen-bond acceptors (Lipinski definition) is 4. The van der Waals surface area contributed by atoms with Crippen molar-refractivity contribution in [1.29, 1.82) is 0 Å². The summed E-state index contributed by atoms with van der Waals surface area (Å²) in [4.78, 5) is 15.7. The van der Waals surface area contributed by atoms with E-state index in [4.69, 9.17) is 4.74 Å². The van der Waals surface area contributed by atoms with Crippen LogP contribution in [0.2, 0.25) is 0 Å². The number of allylic oxidation sites excluding steroid dienone is 2. The number of carbonyl (C=O) groups is 1. The van der Waals surface area contributed by atoms with Crippen molar-refractivity contribution < 1.29 is 67.5 Å². The van der Waals surface area contributed by atoms with Gasteiger partial charge in [0.2, 0.25) is 0 Å². The molecular weight excluding hydrogens is 691 g/mol. The molecule has 0 spiro atoms. The minimum Gasteiger partial charge on any atom is -0.516 e. The maximum absolute atomic E-state index is 11.2. The van der Waals surface area contributed by atoms with E-state index in [9.17, 15) is 9.90 Å². The minimum atomic E-state index is 0. The predicted molar refractivity (Wildman–Crippen MR) is 131 cm³/mol. The molecule has 1 N–H and O–H groups in total. The van der Waals surface area contributed by atoms with E-state index < -0.39 is 0 Å². The van der Waals surface area contributed by atoms with Gasteiger partial charge >= 0.3 is 0 Å². The molecule has 35 heavy (non-hydrogen) atoms. The second-order valence-electron chi connectivity index (χ2n) is 8.91. The van der Waals surface area contributed by atoms with Gasteiger partial charge in [-0.2, -0.15) is 24.3 Å². The van der Waals surface area contributed by atoms with Crippen molar-refractivity contribution in [3.8, 4) is 28.1 Å². The number of fused-ring (bicyclic) bond motifs is 3. The summed E-state index contributed by atoms with van der Waals surface area (Å²) in [6.45, 7) is 8.55. The third kappa shape index (κ3) is 9.73. The quantitative estimate of drug-likeness (QED) is 0.173. The molecule has 184 valence electrons. The molecule has 6 heteroatoms. The van der Waals surface area contributed by atoms with Gasteiger partial charge < -0.3 is 14.8 Å². The van der Waals surface area contributed by atoms with Crippen LogP contribution >= 0.6 is 0 Å².